The fourth-order valence-electron chi connectivity index (χ4n) is 2.98. The molecule has 1 fully saturated rings. The van der Waals surface area contributed by atoms with Gasteiger partial charge in [0.2, 0.25) is 5.91 Å². The first-order chi connectivity index (χ1) is 12.7. The number of aromatic nitrogens is 6. The highest BCUT2D eigenvalue weighted by Crippen LogP contribution is 2.24. The maximum atomic E-state index is 12.5. The van der Waals surface area contributed by atoms with Crippen LogP contribution in [0.15, 0.2) is 30.9 Å². The monoisotopic (exact) mass is 370 g/mol. The fourth-order valence-corrected chi connectivity index (χ4v) is 3.65. The van der Waals surface area contributed by atoms with Crippen LogP contribution >= 0.6 is 11.5 Å². The summed E-state index contributed by atoms with van der Waals surface area (Å²) in [5.74, 6) is 1.33. The maximum absolute atomic E-state index is 12.5. The van der Waals surface area contributed by atoms with Gasteiger partial charge in [-0.15, -0.1) is 10.2 Å². The van der Waals surface area contributed by atoms with E-state index in [1.165, 1.54) is 17.9 Å². The number of carbonyl (C=O) groups is 1. The van der Waals surface area contributed by atoms with E-state index in [1.807, 2.05) is 25.1 Å². The number of nitrogens with zero attached hydrogens (tertiary/aromatic N) is 7. The van der Waals surface area contributed by atoms with Gasteiger partial charge in [-0.05, 0) is 49.5 Å². The first-order valence-corrected chi connectivity index (χ1v) is 9.14. The molecule has 134 valence electrons. The minimum Gasteiger partial charge on any atom is -0.354 e. The van der Waals surface area contributed by atoms with E-state index in [9.17, 15) is 4.79 Å². The molecule has 3 aromatic rings. The summed E-state index contributed by atoms with van der Waals surface area (Å²) in [6.07, 6.45) is 4.83. The molecule has 4 rings (SSSR count). The van der Waals surface area contributed by atoms with Gasteiger partial charge in [0.05, 0.1) is 11.6 Å². The Labute approximate surface area is 154 Å². The quantitative estimate of drug-likeness (QED) is 0.745. The lowest BCUT2D eigenvalue weighted by Gasteiger charge is -2.32. The van der Waals surface area contributed by atoms with Gasteiger partial charge in [0.15, 0.2) is 11.6 Å². The average molecular weight is 370 g/mol. The molecule has 0 aliphatic carbocycles. The van der Waals surface area contributed by atoms with E-state index in [0.717, 1.165) is 35.9 Å². The zero-order valence-corrected chi connectivity index (χ0v) is 15.1. The minimum atomic E-state index is -0.0806. The third-order valence-electron chi connectivity index (χ3n) is 4.28. The molecule has 1 aliphatic heterocycles. The molecule has 3 aromatic heterocycles. The molecule has 0 unspecified atom stereocenters. The number of hydrogen-bond acceptors (Lipinski definition) is 8. The summed E-state index contributed by atoms with van der Waals surface area (Å²) in [6, 6.07) is 5.63. The number of hydrogen-bond donors (Lipinski definition) is 1. The third-order valence-corrected chi connectivity index (χ3v) is 5.08. The Morgan fingerprint density at radius 1 is 1.31 bits per heavy atom. The Morgan fingerprint density at radius 3 is 2.85 bits per heavy atom. The molecule has 0 bridgehead atoms. The predicted octanol–water partition coefficient (Wildman–Crippen LogP) is 1.68. The van der Waals surface area contributed by atoms with Crippen LogP contribution in [0, 0.1) is 12.8 Å². The lowest BCUT2D eigenvalue weighted by Crippen LogP contribution is -2.41. The van der Waals surface area contributed by atoms with Gasteiger partial charge in [-0.2, -0.15) is 9.47 Å². The highest BCUT2D eigenvalue weighted by molar-refractivity contribution is 7.10. The topological polar surface area (TPSA) is 102 Å². The van der Waals surface area contributed by atoms with Gasteiger partial charge in [-0.1, -0.05) is 0 Å². The van der Waals surface area contributed by atoms with Crippen LogP contribution in [0.5, 0.6) is 0 Å². The smallest absolute Gasteiger partial charge is 0.229 e. The standard InChI is InChI=1S/C16H18N8OS/c1-11-7-15(26-22-11)19-16(25)12-3-2-6-23(8-12)13-4-5-14(21-20-13)24-10-17-9-18-24/h4-5,7,9-10,12H,2-3,6,8H2,1H3,(H,19,25)/t12-/m0/s1. The van der Waals surface area contributed by atoms with E-state index in [4.69, 9.17) is 0 Å². The Hall–Kier alpha value is -2.88. The first kappa shape index (κ1) is 16.6. The van der Waals surface area contributed by atoms with Gasteiger partial charge >= 0.3 is 0 Å². The van der Waals surface area contributed by atoms with Crippen LogP contribution in [-0.4, -0.2) is 48.3 Å². The molecule has 1 N–H and O–H groups in total. The van der Waals surface area contributed by atoms with Gasteiger partial charge in [-0.3, -0.25) is 4.79 Å². The summed E-state index contributed by atoms with van der Waals surface area (Å²) in [7, 11) is 0. The number of rotatable bonds is 4. The van der Waals surface area contributed by atoms with Crippen LogP contribution in [0.3, 0.4) is 0 Å². The Kier molecular flexibility index (Phi) is 4.57. The lowest BCUT2D eigenvalue weighted by atomic mass is 9.97. The Morgan fingerprint density at radius 2 is 2.15 bits per heavy atom. The minimum absolute atomic E-state index is 0.0329. The van der Waals surface area contributed by atoms with Crippen molar-refractivity contribution >= 4 is 28.3 Å². The van der Waals surface area contributed by atoms with Crippen LogP contribution in [0.2, 0.25) is 0 Å². The van der Waals surface area contributed by atoms with Crippen molar-refractivity contribution in [2.24, 2.45) is 5.92 Å². The van der Waals surface area contributed by atoms with Crippen molar-refractivity contribution in [3.05, 3.63) is 36.5 Å². The van der Waals surface area contributed by atoms with Crippen molar-refractivity contribution in [3.8, 4) is 5.82 Å². The molecule has 26 heavy (non-hydrogen) atoms. The molecule has 4 heterocycles. The summed E-state index contributed by atoms with van der Waals surface area (Å²) in [4.78, 5) is 18.6. The van der Waals surface area contributed by atoms with Crippen molar-refractivity contribution in [3.63, 3.8) is 0 Å². The number of carbonyl (C=O) groups excluding carboxylic acids is 1. The van der Waals surface area contributed by atoms with Crippen LogP contribution in [0.1, 0.15) is 18.5 Å². The van der Waals surface area contributed by atoms with E-state index < -0.39 is 0 Å². The van der Waals surface area contributed by atoms with Crippen LogP contribution in [-0.2, 0) is 4.79 Å². The van der Waals surface area contributed by atoms with Gasteiger partial charge < -0.3 is 10.2 Å². The van der Waals surface area contributed by atoms with Crippen molar-refractivity contribution in [1.82, 2.24) is 29.3 Å². The number of amides is 1. The molecule has 9 nitrogen and oxygen atoms in total. The molecule has 1 saturated heterocycles. The number of nitrogens with one attached hydrogen (secondary N) is 1. The van der Waals surface area contributed by atoms with E-state index in [2.05, 4.69) is 34.9 Å². The van der Waals surface area contributed by atoms with Crippen molar-refractivity contribution in [2.45, 2.75) is 19.8 Å². The summed E-state index contributed by atoms with van der Waals surface area (Å²) in [5.41, 5.74) is 0.915. The maximum Gasteiger partial charge on any atom is 0.229 e. The van der Waals surface area contributed by atoms with E-state index in [0.29, 0.717) is 12.4 Å². The van der Waals surface area contributed by atoms with E-state index in [-0.39, 0.29) is 11.8 Å². The predicted molar refractivity (Wildman–Crippen MR) is 97.4 cm³/mol. The average Bonchev–Trinajstić information content (AvgIpc) is 3.34. The zero-order valence-electron chi connectivity index (χ0n) is 14.2. The highest BCUT2D eigenvalue weighted by atomic mass is 32.1. The zero-order chi connectivity index (χ0) is 17.9. The summed E-state index contributed by atoms with van der Waals surface area (Å²) < 4.78 is 5.75. The van der Waals surface area contributed by atoms with Crippen LogP contribution < -0.4 is 10.2 Å². The molecular weight excluding hydrogens is 352 g/mol. The van der Waals surface area contributed by atoms with E-state index in [1.54, 1.807) is 11.0 Å². The molecule has 0 radical (unpaired) electrons. The normalized spacial score (nSPS) is 17.3. The van der Waals surface area contributed by atoms with Crippen molar-refractivity contribution in [1.29, 1.82) is 0 Å². The number of aryl methyl sites for hydroxylation is 1. The third kappa shape index (κ3) is 3.54. The molecule has 1 amide bonds. The fraction of sp³-hybridized carbons (Fsp3) is 0.375. The highest BCUT2D eigenvalue weighted by Gasteiger charge is 2.27. The van der Waals surface area contributed by atoms with Gasteiger partial charge in [-0.25, -0.2) is 9.67 Å². The number of anilines is 2. The molecule has 0 aromatic carbocycles. The number of piperidine rings is 1. The van der Waals surface area contributed by atoms with Gasteiger partial charge in [0.25, 0.3) is 0 Å². The molecule has 0 saturated carbocycles. The van der Waals surface area contributed by atoms with Crippen molar-refractivity contribution < 1.29 is 4.79 Å². The first-order valence-electron chi connectivity index (χ1n) is 8.37. The van der Waals surface area contributed by atoms with E-state index >= 15 is 0 Å². The molecule has 1 aliphatic rings. The van der Waals surface area contributed by atoms with Gasteiger partial charge in [0, 0.05) is 13.1 Å². The Bertz CT molecular complexity index is 876. The summed E-state index contributed by atoms with van der Waals surface area (Å²) >= 11 is 1.31. The van der Waals surface area contributed by atoms with Crippen molar-refractivity contribution in [2.75, 3.05) is 23.3 Å². The molecule has 10 heteroatoms. The summed E-state index contributed by atoms with van der Waals surface area (Å²) in [5, 5.41) is 16.3. The largest absolute Gasteiger partial charge is 0.354 e. The van der Waals surface area contributed by atoms with Gasteiger partial charge in [0.1, 0.15) is 17.7 Å². The SMILES string of the molecule is Cc1cc(NC(=O)[C@H]2CCCN(c3ccc(-n4cncn4)nn3)C2)sn1. The molecular formula is C16H18N8OS. The lowest BCUT2D eigenvalue weighted by molar-refractivity contribution is -0.120. The molecule has 0 spiro atoms. The van der Waals surface area contributed by atoms with Crippen LogP contribution in [0.25, 0.3) is 5.82 Å². The second kappa shape index (κ2) is 7.16. The van der Waals surface area contributed by atoms with Crippen LogP contribution in [0.4, 0.5) is 10.8 Å². The second-order valence-electron chi connectivity index (χ2n) is 6.20. The second-order valence-corrected chi connectivity index (χ2v) is 7.00. The Balaban J connectivity index is 1.42. The summed E-state index contributed by atoms with van der Waals surface area (Å²) in [6.45, 7) is 3.40. The molecule has 1 atom stereocenters.